The normalized spacial score (nSPS) is 14.0. The maximum Gasteiger partial charge on any atom is 0.180 e. The maximum absolute atomic E-state index is 9.52. The second kappa shape index (κ2) is 13.8. The molecule has 0 aromatic heterocycles. The van der Waals surface area contributed by atoms with Crippen LogP contribution in [-0.2, 0) is 0 Å². The SMILES string of the molecule is CCCCCCC[N+](C)(CO)CCCCCC.[Br-]. The standard InChI is InChI=1S/C15H34NO.BrH/c1-4-6-8-10-12-14-16(3,15-17)13-11-9-7-5-2;/h17H,4-15H2,1-3H3;1H/q+1;/p-1. The fraction of sp³-hybridized carbons (Fsp3) is 1.00. The molecule has 0 aliphatic carbocycles. The molecule has 2 nitrogen and oxygen atoms in total. The molecule has 0 spiro atoms. The van der Waals surface area contributed by atoms with Crippen molar-refractivity contribution in [3.63, 3.8) is 0 Å². The highest BCUT2D eigenvalue weighted by Gasteiger charge is 2.18. The molecule has 0 aromatic rings. The molecule has 0 fully saturated rings. The van der Waals surface area contributed by atoms with Crippen LogP contribution in [0, 0.1) is 0 Å². The third-order valence-corrected chi connectivity index (χ3v) is 3.69. The lowest BCUT2D eigenvalue weighted by molar-refractivity contribution is -0.927. The van der Waals surface area contributed by atoms with Crippen LogP contribution in [0.1, 0.15) is 71.6 Å². The monoisotopic (exact) mass is 323 g/mol. The second-order valence-corrected chi connectivity index (χ2v) is 5.68. The molecule has 0 saturated heterocycles. The lowest BCUT2D eigenvalue weighted by atomic mass is 10.1. The van der Waals surface area contributed by atoms with Gasteiger partial charge in [-0.1, -0.05) is 46.0 Å². The highest BCUT2D eigenvalue weighted by atomic mass is 79.9. The summed E-state index contributed by atoms with van der Waals surface area (Å²) in [5.74, 6) is 0. The molecule has 1 N–H and O–H groups in total. The number of halogens is 1. The van der Waals surface area contributed by atoms with Crippen LogP contribution in [0.15, 0.2) is 0 Å². The van der Waals surface area contributed by atoms with Crippen LogP contribution in [-0.4, -0.2) is 36.5 Å². The van der Waals surface area contributed by atoms with Crippen LogP contribution in [0.3, 0.4) is 0 Å². The van der Waals surface area contributed by atoms with Crippen molar-refractivity contribution in [3.05, 3.63) is 0 Å². The summed E-state index contributed by atoms with van der Waals surface area (Å²) in [7, 11) is 2.20. The molecule has 0 rings (SSSR count). The first-order valence-corrected chi connectivity index (χ1v) is 7.63. The van der Waals surface area contributed by atoms with E-state index in [0.29, 0.717) is 6.73 Å². The van der Waals surface area contributed by atoms with Gasteiger partial charge in [-0.3, -0.25) is 0 Å². The predicted octanol–water partition coefficient (Wildman–Crippen LogP) is 0.938. The first kappa shape index (κ1) is 20.7. The first-order chi connectivity index (χ1) is 8.18. The summed E-state index contributed by atoms with van der Waals surface area (Å²) >= 11 is 0. The topological polar surface area (TPSA) is 20.2 Å². The lowest BCUT2D eigenvalue weighted by Gasteiger charge is -2.32. The average Bonchev–Trinajstić information content (AvgIpc) is 2.34. The Morgan fingerprint density at radius 1 is 0.722 bits per heavy atom. The number of hydrogen-bond donors (Lipinski definition) is 1. The number of nitrogens with zero attached hydrogens (tertiary/aromatic N) is 1. The Balaban J connectivity index is 0. The molecular formula is C15H34BrNO. The average molecular weight is 324 g/mol. The van der Waals surface area contributed by atoms with Gasteiger partial charge in [-0.2, -0.15) is 0 Å². The number of unbranched alkanes of at least 4 members (excludes halogenated alkanes) is 7. The minimum absolute atomic E-state index is 0. The highest BCUT2D eigenvalue weighted by Crippen LogP contribution is 2.11. The number of quaternary nitrogens is 1. The van der Waals surface area contributed by atoms with Gasteiger partial charge in [0.2, 0.25) is 0 Å². The van der Waals surface area contributed by atoms with Crippen LogP contribution in [0.25, 0.3) is 0 Å². The summed E-state index contributed by atoms with van der Waals surface area (Å²) < 4.78 is 0.857. The molecule has 0 aliphatic heterocycles. The fourth-order valence-electron chi connectivity index (χ4n) is 2.27. The Morgan fingerprint density at radius 2 is 1.11 bits per heavy atom. The van der Waals surface area contributed by atoms with Crippen molar-refractivity contribution in [2.45, 2.75) is 71.6 Å². The van der Waals surface area contributed by atoms with Crippen LogP contribution in [0.2, 0.25) is 0 Å². The van der Waals surface area contributed by atoms with Crippen molar-refractivity contribution in [1.29, 1.82) is 0 Å². The molecule has 3 heteroatoms. The van der Waals surface area contributed by atoms with Gasteiger partial charge in [-0.15, -0.1) is 0 Å². The summed E-state index contributed by atoms with van der Waals surface area (Å²) in [4.78, 5) is 0. The van der Waals surface area contributed by atoms with Gasteiger partial charge in [0.05, 0.1) is 20.1 Å². The maximum atomic E-state index is 9.52. The Hall–Kier alpha value is 0.400. The van der Waals surface area contributed by atoms with Gasteiger partial charge in [-0.05, 0) is 25.7 Å². The van der Waals surface area contributed by atoms with E-state index in [1.807, 2.05) is 0 Å². The van der Waals surface area contributed by atoms with E-state index in [1.54, 1.807) is 0 Å². The van der Waals surface area contributed by atoms with Crippen molar-refractivity contribution in [1.82, 2.24) is 0 Å². The largest absolute Gasteiger partial charge is 1.00 e. The Bertz CT molecular complexity index is 167. The van der Waals surface area contributed by atoms with Crippen LogP contribution in [0.4, 0.5) is 0 Å². The van der Waals surface area contributed by atoms with Crippen LogP contribution in [0.5, 0.6) is 0 Å². The number of rotatable bonds is 12. The third kappa shape index (κ3) is 11.5. The zero-order valence-electron chi connectivity index (χ0n) is 12.8. The molecule has 0 amide bonds. The zero-order valence-corrected chi connectivity index (χ0v) is 14.3. The Kier molecular flexibility index (Phi) is 15.9. The first-order valence-electron chi connectivity index (χ1n) is 7.63. The number of aliphatic hydroxyl groups excluding tert-OH is 1. The van der Waals surface area contributed by atoms with Gasteiger partial charge >= 0.3 is 0 Å². The molecular weight excluding hydrogens is 290 g/mol. The quantitative estimate of drug-likeness (QED) is 0.322. The summed E-state index contributed by atoms with van der Waals surface area (Å²) in [5, 5.41) is 9.52. The second-order valence-electron chi connectivity index (χ2n) is 5.68. The van der Waals surface area contributed by atoms with E-state index in [9.17, 15) is 5.11 Å². The van der Waals surface area contributed by atoms with E-state index in [1.165, 1.54) is 57.8 Å². The molecule has 18 heavy (non-hydrogen) atoms. The minimum atomic E-state index is 0. The van der Waals surface area contributed by atoms with E-state index < -0.39 is 0 Å². The van der Waals surface area contributed by atoms with Gasteiger partial charge < -0.3 is 26.6 Å². The number of hydrogen-bond acceptors (Lipinski definition) is 1. The van der Waals surface area contributed by atoms with Crippen LogP contribution >= 0.6 is 0 Å². The van der Waals surface area contributed by atoms with Crippen molar-refractivity contribution < 1.29 is 26.6 Å². The molecule has 0 bridgehead atoms. The zero-order chi connectivity index (χ0) is 13.0. The fourth-order valence-corrected chi connectivity index (χ4v) is 2.27. The van der Waals surface area contributed by atoms with E-state index in [2.05, 4.69) is 20.9 Å². The molecule has 1 atom stereocenters. The van der Waals surface area contributed by atoms with E-state index in [-0.39, 0.29) is 17.0 Å². The predicted molar refractivity (Wildman–Crippen MR) is 75.9 cm³/mol. The molecule has 0 saturated carbocycles. The van der Waals surface area contributed by atoms with E-state index >= 15 is 0 Å². The molecule has 0 radical (unpaired) electrons. The highest BCUT2D eigenvalue weighted by molar-refractivity contribution is 4.45. The summed E-state index contributed by atoms with van der Waals surface area (Å²) in [6, 6.07) is 0. The van der Waals surface area contributed by atoms with Crippen molar-refractivity contribution in [3.8, 4) is 0 Å². The molecule has 0 heterocycles. The van der Waals surface area contributed by atoms with E-state index in [4.69, 9.17) is 0 Å². The van der Waals surface area contributed by atoms with Gasteiger partial charge in [0.1, 0.15) is 0 Å². The van der Waals surface area contributed by atoms with Crippen molar-refractivity contribution >= 4 is 0 Å². The summed E-state index contributed by atoms with van der Waals surface area (Å²) in [5.41, 5.74) is 0. The van der Waals surface area contributed by atoms with Crippen molar-refractivity contribution in [2.24, 2.45) is 0 Å². The Labute approximate surface area is 125 Å². The molecule has 0 aromatic carbocycles. The summed E-state index contributed by atoms with van der Waals surface area (Å²) in [6.45, 7) is 7.09. The smallest absolute Gasteiger partial charge is 0.180 e. The third-order valence-electron chi connectivity index (χ3n) is 3.69. The molecule has 112 valence electrons. The lowest BCUT2D eigenvalue weighted by Crippen LogP contribution is -3.00. The number of aliphatic hydroxyl groups is 1. The van der Waals surface area contributed by atoms with Crippen LogP contribution < -0.4 is 17.0 Å². The Morgan fingerprint density at radius 3 is 1.50 bits per heavy atom. The van der Waals surface area contributed by atoms with Gasteiger partial charge in [0.25, 0.3) is 0 Å². The van der Waals surface area contributed by atoms with Gasteiger partial charge in [0.15, 0.2) is 6.73 Å². The van der Waals surface area contributed by atoms with Crippen molar-refractivity contribution in [2.75, 3.05) is 26.9 Å². The van der Waals surface area contributed by atoms with Gasteiger partial charge in [0, 0.05) is 0 Å². The van der Waals surface area contributed by atoms with Gasteiger partial charge in [-0.25, -0.2) is 0 Å². The minimum Gasteiger partial charge on any atom is -1.00 e. The van der Waals surface area contributed by atoms with E-state index in [0.717, 1.165) is 17.6 Å². The molecule has 1 unspecified atom stereocenters. The molecule has 0 aliphatic rings. The summed E-state index contributed by atoms with van der Waals surface area (Å²) in [6.07, 6.45) is 11.8.